The van der Waals surface area contributed by atoms with E-state index < -0.39 is 0 Å². The number of hydrogen-bond acceptors (Lipinski definition) is 0. The third kappa shape index (κ3) is 1.72. The number of aryl methyl sites for hydroxylation is 1. The highest BCUT2D eigenvalue weighted by molar-refractivity contribution is 5.67. The number of rotatable bonds is 3. The predicted octanol–water partition coefficient (Wildman–Crippen LogP) is 3.84. The Morgan fingerprint density at radius 3 is 2.38 bits per heavy atom. The molecule has 1 aromatic rings. The van der Waals surface area contributed by atoms with Crippen molar-refractivity contribution in [3.8, 4) is 0 Å². The summed E-state index contributed by atoms with van der Waals surface area (Å²) in [6.45, 7) is 11.9. The maximum absolute atomic E-state index is 3.83. The summed E-state index contributed by atoms with van der Waals surface area (Å²) in [4.78, 5) is 0. The van der Waals surface area contributed by atoms with Crippen LogP contribution in [-0.4, -0.2) is 0 Å². The Kier molecular flexibility index (Phi) is 3.07. The summed E-state index contributed by atoms with van der Waals surface area (Å²) in [6, 6.07) is 4.27. The fourth-order valence-corrected chi connectivity index (χ4v) is 1.63. The molecule has 0 spiro atoms. The van der Waals surface area contributed by atoms with E-state index in [0.717, 1.165) is 6.42 Å². The van der Waals surface area contributed by atoms with E-state index in [1.807, 2.05) is 12.2 Å². The van der Waals surface area contributed by atoms with Crippen LogP contribution in [0.15, 0.2) is 25.3 Å². The fraction of sp³-hybridized carbons (Fsp3) is 0.231. The van der Waals surface area contributed by atoms with Crippen molar-refractivity contribution in [2.45, 2.75) is 20.3 Å². The maximum atomic E-state index is 3.83. The molecule has 0 aromatic heterocycles. The lowest BCUT2D eigenvalue weighted by molar-refractivity contribution is 1.10. The van der Waals surface area contributed by atoms with Crippen LogP contribution in [-0.2, 0) is 6.42 Å². The molecular weight excluding hydrogens is 156 g/mol. The van der Waals surface area contributed by atoms with Gasteiger partial charge in [0.05, 0.1) is 0 Å². The molecule has 0 fully saturated rings. The molecule has 1 aromatic carbocycles. The van der Waals surface area contributed by atoms with Gasteiger partial charge in [-0.3, -0.25) is 0 Å². The van der Waals surface area contributed by atoms with E-state index in [9.17, 15) is 0 Å². The second-order valence-corrected chi connectivity index (χ2v) is 3.11. The first kappa shape index (κ1) is 9.79. The standard InChI is InChI=1S/C13H16/c1-5-11-8-9-12(6-2)13(7-3)10(11)4/h6-9H,2-3,5H2,1,4H3. The number of benzene rings is 1. The molecule has 0 heteroatoms. The summed E-state index contributed by atoms with van der Waals surface area (Å²) in [5.41, 5.74) is 5.11. The third-order valence-electron chi connectivity index (χ3n) is 2.47. The Hall–Kier alpha value is -1.30. The fourth-order valence-electron chi connectivity index (χ4n) is 1.63. The highest BCUT2D eigenvalue weighted by Gasteiger charge is 2.03. The van der Waals surface area contributed by atoms with Crippen LogP contribution in [0.4, 0.5) is 0 Å². The molecule has 0 nitrogen and oxygen atoms in total. The Morgan fingerprint density at radius 1 is 1.23 bits per heavy atom. The second kappa shape index (κ2) is 4.08. The Labute approximate surface area is 80.6 Å². The first-order valence-corrected chi connectivity index (χ1v) is 4.62. The molecule has 0 saturated heterocycles. The molecule has 0 aliphatic carbocycles. The monoisotopic (exact) mass is 172 g/mol. The van der Waals surface area contributed by atoms with Crippen LogP contribution in [0.3, 0.4) is 0 Å². The van der Waals surface area contributed by atoms with E-state index in [4.69, 9.17) is 0 Å². The zero-order valence-electron chi connectivity index (χ0n) is 8.43. The molecule has 0 heterocycles. The second-order valence-electron chi connectivity index (χ2n) is 3.11. The largest absolute Gasteiger partial charge is 0.0984 e. The summed E-state index contributed by atoms with van der Waals surface area (Å²) in [6.07, 6.45) is 4.86. The molecule has 0 saturated carbocycles. The quantitative estimate of drug-likeness (QED) is 0.649. The molecule has 68 valence electrons. The average molecular weight is 172 g/mol. The molecule has 0 aliphatic rings. The van der Waals surface area contributed by atoms with Gasteiger partial charge in [0.1, 0.15) is 0 Å². The Bertz CT molecular complexity index is 332. The van der Waals surface area contributed by atoms with E-state index in [1.165, 1.54) is 22.3 Å². The lowest BCUT2D eigenvalue weighted by Gasteiger charge is -2.09. The van der Waals surface area contributed by atoms with E-state index >= 15 is 0 Å². The van der Waals surface area contributed by atoms with Crippen LogP contribution in [0.2, 0.25) is 0 Å². The zero-order chi connectivity index (χ0) is 9.84. The van der Waals surface area contributed by atoms with Crippen LogP contribution >= 0.6 is 0 Å². The summed E-state index contributed by atoms with van der Waals surface area (Å²) in [5.74, 6) is 0. The normalized spacial score (nSPS) is 9.69. The van der Waals surface area contributed by atoms with Crippen LogP contribution < -0.4 is 0 Å². The highest BCUT2D eigenvalue weighted by Crippen LogP contribution is 2.21. The minimum atomic E-state index is 1.07. The van der Waals surface area contributed by atoms with Gasteiger partial charge < -0.3 is 0 Å². The van der Waals surface area contributed by atoms with Crippen molar-refractivity contribution < 1.29 is 0 Å². The Morgan fingerprint density at radius 2 is 1.92 bits per heavy atom. The molecule has 1 rings (SSSR count). The van der Waals surface area contributed by atoms with Gasteiger partial charge >= 0.3 is 0 Å². The van der Waals surface area contributed by atoms with Gasteiger partial charge in [-0.15, -0.1) is 0 Å². The van der Waals surface area contributed by atoms with Crippen molar-refractivity contribution in [3.05, 3.63) is 47.5 Å². The van der Waals surface area contributed by atoms with Crippen LogP contribution in [0, 0.1) is 6.92 Å². The maximum Gasteiger partial charge on any atom is -0.0158 e. The van der Waals surface area contributed by atoms with Gasteiger partial charge in [-0.1, -0.05) is 44.4 Å². The molecular formula is C13H16. The SMILES string of the molecule is C=Cc1ccc(CC)c(C)c1C=C. The summed E-state index contributed by atoms with van der Waals surface area (Å²) in [7, 11) is 0. The van der Waals surface area contributed by atoms with E-state index in [2.05, 4.69) is 39.1 Å². The number of hydrogen-bond donors (Lipinski definition) is 0. The van der Waals surface area contributed by atoms with E-state index in [1.54, 1.807) is 0 Å². The predicted molar refractivity (Wildman–Crippen MR) is 60.7 cm³/mol. The lowest BCUT2D eigenvalue weighted by atomic mass is 9.96. The molecule has 0 bridgehead atoms. The van der Waals surface area contributed by atoms with E-state index in [-0.39, 0.29) is 0 Å². The van der Waals surface area contributed by atoms with Gasteiger partial charge in [-0.2, -0.15) is 0 Å². The van der Waals surface area contributed by atoms with Gasteiger partial charge in [0.15, 0.2) is 0 Å². The molecule has 0 atom stereocenters. The van der Waals surface area contributed by atoms with Crippen molar-refractivity contribution in [1.29, 1.82) is 0 Å². The molecule has 0 aliphatic heterocycles. The van der Waals surface area contributed by atoms with Crippen LogP contribution in [0.1, 0.15) is 29.2 Å². The van der Waals surface area contributed by atoms with Gasteiger partial charge in [0, 0.05) is 0 Å². The lowest BCUT2D eigenvalue weighted by Crippen LogP contribution is -1.92. The highest BCUT2D eigenvalue weighted by atomic mass is 14.1. The minimum absolute atomic E-state index is 1.07. The van der Waals surface area contributed by atoms with Crippen LogP contribution in [0.25, 0.3) is 12.2 Å². The van der Waals surface area contributed by atoms with Crippen LogP contribution in [0.5, 0.6) is 0 Å². The molecule has 0 unspecified atom stereocenters. The summed E-state index contributed by atoms with van der Waals surface area (Å²) >= 11 is 0. The molecule has 0 radical (unpaired) electrons. The van der Waals surface area contributed by atoms with Gasteiger partial charge in [-0.05, 0) is 35.6 Å². The van der Waals surface area contributed by atoms with Crippen molar-refractivity contribution in [2.24, 2.45) is 0 Å². The first-order valence-electron chi connectivity index (χ1n) is 4.62. The summed E-state index contributed by atoms with van der Waals surface area (Å²) < 4.78 is 0. The minimum Gasteiger partial charge on any atom is -0.0984 e. The third-order valence-corrected chi connectivity index (χ3v) is 2.47. The Balaban J connectivity index is 3.39. The molecule has 13 heavy (non-hydrogen) atoms. The summed E-state index contributed by atoms with van der Waals surface area (Å²) in [5, 5.41) is 0. The van der Waals surface area contributed by atoms with E-state index in [0.29, 0.717) is 0 Å². The van der Waals surface area contributed by atoms with Gasteiger partial charge in [-0.25, -0.2) is 0 Å². The van der Waals surface area contributed by atoms with Crippen molar-refractivity contribution in [3.63, 3.8) is 0 Å². The average Bonchev–Trinajstić information content (AvgIpc) is 2.17. The van der Waals surface area contributed by atoms with Gasteiger partial charge in [0.2, 0.25) is 0 Å². The van der Waals surface area contributed by atoms with Crippen molar-refractivity contribution in [1.82, 2.24) is 0 Å². The first-order chi connectivity index (χ1) is 6.24. The van der Waals surface area contributed by atoms with Gasteiger partial charge in [0.25, 0.3) is 0 Å². The van der Waals surface area contributed by atoms with Crippen molar-refractivity contribution >= 4 is 12.2 Å². The zero-order valence-corrected chi connectivity index (χ0v) is 8.43. The van der Waals surface area contributed by atoms with Crippen molar-refractivity contribution in [2.75, 3.05) is 0 Å². The molecule has 0 amide bonds. The molecule has 0 N–H and O–H groups in total. The smallest absolute Gasteiger partial charge is 0.0158 e. The topological polar surface area (TPSA) is 0 Å².